The third-order valence-corrected chi connectivity index (χ3v) is 4.37. The predicted octanol–water partition coefficient (Wildman–Crippen LogP) is 2.19. The van der Waals surface area contributed by atoms with Crippen molar-refractivity contribution in [1.29, 1.82) is 0 Å². The van der Waals surface area contributed by atoms with E-state index in [1.54, 1.807) is 0 Å². The van der Waals surface area contributed by atoms with Crippen molar-refractivity contribution in [2.45, 2.75) is 45.4 Å². The third kappa shape index (κ3) is 3.14. The van der Waals surface area contributed by atoms with E-state index in [0.717, 1.165) is 51.7 Å². The Morgan fingerprint density at radius 2 is 2.18 bits per heavy atom. The maximum Gasteiger partial charge on any atom is 0.228 e. The highest BCUT2D eigenvalue weighted by Crippen LogP contribution is 2.50. The van der Waals surface area contributed by atoms with E-state index in [2.05, 4.69) is 11.8 Å². The number of carbonyl (C=O) groups is 1. The van der Waals surface area contributed by atoms with Crippen LogP contribution in [0.5, 0.6) is 0 Å². The molecule has 0 aromatic heterocycles. The monoisotopic (exact) mass is 260 g/mol. The highest BCUT2D eigenvalue weighted by atomic mass is 35.5. The number of piperidine rings is 1. The van der Waals surface area contributed by atoms with Gasteiger partial charge in [-0.3, -0.25) is 4.79 Å². The molecule has 2 fully saturated rings. The molecule has 4 heteroatoms. The molecule has 2 aliphatic rings. The zero-order valence-corrected chi connectivity index (χ0v) is 11.6. The van der Waals surface area contributed by atoms with Gasteiger partial charge in [0.2, 0.25) is 5.91 Å². The first-order valence-corrected chi connectivity index (χ1v) is 6.71. The zero-order chi connectivity index (χ0) is 11.6. The van der Waals surface area contributed by atoms with Crippen molar-refractivity contribution in [3.63, 3.8) is 0 Å². The Balaban J connectivity index is 0.00000144. The summed E-state index contributed by atoms with van der Waals surface area (Å²) < 4.78 is 0. The van der Waals surface area contributed by atoms with Gasteiger partial charge in [0, 0.05) is 18.5 Å². The molecule has 0 radical (unpaired) electrons. The molecular weight excluding hydrogens is 236 g/mol. The first-order valence-electron chi connectivity index (χ1n) is 6.71. The predicted molar refractivity (Wildman–Crippen MR) is 72.2 cm³/mol. The van der Waals surface area contributed by atoms with Crippen LogP contribution in [0.2, 0.25) is 0 Å². The summed E-state index contributed by atoms with van der Waals surface area (Å²) in [6.45, 7) is 4.83. The fourth-order valence-electron chi connectivity index (χ4n) is 2.93. The molecule has 0 spiro atoms. The number of nitrogens with two attached hydrogens (primary N) is 1. The fourth-order valence-corrected chi connectivity index (χ4v) is 2.93. The molecule has 1 amide bonds. The van der Waals surface area contributed by atoms with Crippen LogP contribution < -0.4 is 5.73 Å². The van der Waals surface area contributed by atoms with Crippen LogP contribution in [-0.2, 0) is 4.79 Å². The van der Waals surface area contributed by atoms with E-state index in [1.165, 1.54) is 6.42 Å². The average Bonchev–Trinajstić information content (AvgIpc) is 3.10. The van der Waals surface area contributed by atoms with Gasteiger partial charge in [0.15, 0.2) is 0 Å². The summed E-state index contributed by atoms with van der Waals surface area (Å²) in [6, 6.07) is 0. The Labute approximate surface area is 111 Å². The molecule has 1 saturated heterocycles. The Morgan fingerprint density at radius 3 is 2.71 bits per heavy atom. The second-order valence-corrected chi connectivity index (χ2v) is 5.47. The number of halogens is 1. The number of likely N-dealkylation sites (tertiary alicyclic amines) is 1. The first kappa shape index (κ1) is 14.8. The Morgan fingerprint density at radius 1 is 1.47 bits per heavy atom. The topological polar surface area (TPSA) is 46.3 Å². The van der Waals surface area contributed by atoms with Crippen LogP contribution in [0.3, 0.4) is 0 Å². The van der Waals surface area contributed by atoms with E-state index in [-0.39, 0.29) is 17.8 Å². The van der Waals surface area contributed by atoms with Crippen LogP contribution in [0, 0.1) is 11.3 Å². The summed E-state index contributed by atoms with van der Waals surface area (Å²) in [5.41, 5.74) is 5.65. The molecule has 17 heavy (non-hydrogen) atoms. The second kappa shape index (κ2) is 6.05. The quantitative estimate of drug-likeness (QED) is 0.842. The van der Waals surface area contributed by atoms with Crippen LogP contribution in [0.4, 0.5) is 0 Å². The van der Waals surface area contributed by atoms with E-state index < -0.39 is 0 Å². The van der Waals surface area contributed by atoms with Crippen molar-refractivity contribution in [2.24, 2.45) is 17.1 Å². The van der Waals surface area contributed by atoms with Gasteiger partial charge < -0.3 is 10.6 Å². The largest absolute Gasteiger partial charge is 0.342 e. The molecule has 1 aliphatic carbocycles. The van der Waals surface area contributed by atoms with E-state index in [4.69, 9.17) is 5.73 Å². The molecule has 3 nitrogen and oxygen atoms in total. The van der Waals surface area contributed by atoms with Gasteiger partial charge in [0.1, 0.15) is 0 Å². The lowest BCUT2D eigenvalue weighted by atomic mass is 9.92. The lowest BCUT2D eigenvalue weighted by molar-refractivity contribution is -0.139. The number of hydrogen-bond donors (Lipinski definition) is 1. The molecule has 1 saturated carbocycles. The molecule has 0 aromatic rings. The van der Waals surface area contributed by atoms with Gasteiger partial charge in [-0.15, -0.1) is 12.4 Å². The summed E-state index contributed by atoms with van der Waals surface area (Å²) in [6.07, 6.45) is 6.73. The maximum atomic E-state index is 12.4. The van der Waals surface area contributed by atoms with Gasteiger partial charge >= 0.3 is 0 Å². The van der Waals surface area contributed by atoms with Gasteiger partial charge in [0.25, 0.3) is 0 Å². The number of rotatable bonds is 4. The van der Waals surface area contributed by atoms with Crippen LogP contribution in [0.15, 0.2) is 0 Å². The highest BCUT2D eigenvalue weighted by molar-refractivity contribution is 5.85. The molecule has 1 unspecified atom stereocenters. The summed E-state index contributed by atoms with van der Waals surface area (Å²) in [7, 11) is 0. The standard InChI is InChI=1S/C13H24N2O.ClH/c1-2-13(6-7-13)12(16)15-9-3-4-11(10-15)5-8-14;/h11H,2-10,14H2,1H3;1H. The molecule has 100 valence electrons. The molecule has 1 atom stereocenters. The minimum atomic E-state index is 0. The highest BCUT2D eigenvalue weighted by Gasteiger charge is 2.50. The summed E-state index contributed by atoms with van der Waals surface area (Å²) in [4.78, 5) is 14.5. The molecule has 0 aromatic carbocycles. The van der Waals surface area contributed by atoms with Gasteiger partial charge in [-0.1, -0.05) is 6.92 Å². The van der Waals surface area contributed by atoms with Crippen molar-refractivity contribution in [1.82, 2.24) is 4.90 Å². The number of amides is 1. The summed E-state index contributed by atoms with van der Waals surface area (Å²) in [5, 5.41) is 0. The maximum absolute atomic E-state index is 12.4. The minimum Gasteiger partial charge on any atom is -0.342 e. The minimum absolute atomic E-state index is 0. The van der Waals surface area contributed by atoms with Crippen LogP contribution >= 0.6 is 12.4 Å². The number of hydrogen-bond acceptors (Lipinski definition) is 2. The van der Waals surface area contributed by atoms with Gasteiger partial charge in [-0.25, -0.2) is 0 Å². The number of carbonyl (C=O) groups excluding carboxylic acids is 1. The second-order valence-electron chi connectivity index (χ2n) is 5.47. The van der Waals surface area contributed by atoms with Crippen molar-refractivity contribution in [3.8, 4) is 0 Å². The summed E-state index contributed by atoms with van der Waals surface area (Å²) >= 11 is 0. The Hall–Kier alpha value is -0.280. The van der Waals surface area contributed by atoms with Gasteiger partial charge in [-0.2, -0.15) is 0 Å². The van der Waals surface area contributed by atoms with E-state index in [9.17, 15) is 4.79 Å². The molecule has 2 N–H and O–H groups in total. The van der Waals surface area contributed by atoms with Crippen LogP contribution in [0.25, 0.3) is 0 Å². The van der Waals surface area contributed by atoms with Crippen molar-refractivity contribution in [2.75, 3.05) is 19.6 Å². The van der Waals surface area contributed by atoms with Crippen molar-refractivity contribution in [3.05, 3.63) is 0 Å². The van der Waals surface area contributed by atoms with Gasteiger partial charge in [-0.05, 0) is 51.0 Å². The van der Waals surface area contributed by atoms with E-state index >= 15 is 0 Å². The molecule has 0 bridgehead atoms. The fraction of sp³-hybridized carbons (Fsp3) is 0.923. The van der Waals surface area contributed by atoms with E-state index in [1.807, 2.05) is 0 Å². The zero-order valence-electron chi connectivity index (χ0n) is 10.8. The smallest absolute Gasteiger partial charge is 0.228 e. The lowest BCUT2D eigenvalue weighted by Crippen LogP contribution is -2.44. The third-order valence-electron chi connectivity index (χ3n) is 4.37. The molecule has 2 rings (SSSR count). The first-order chi connectivity index (χ1) is 7.72. The average molecular weight is 261 g/mol. The Kier molecular flexibility index (Phi) is 5.26. The van der Waals surface area contributed by atoms with Gasteiger partial charge in [0.05, 0.1) is 0 Å². The SMILES string of the molecule is CCC1(C(=O)N2CCCC(CCN)C2)CC1.Cl. The number of nitrogens with zero attached hydrogens (tertiary/aromatic N) is 1. The van der Waals surface area contributed by atoms with Crippen molar-refractivity contribution < 1.29 is 4.79 Å². The molecular formula is C13H25ClN2O. The molecule has 1 heterocycles. The normalized spacial score (nSPS) is 26.2. The van der Waals surface area contributed by atoms with Crippen LogP contribution in [0.1, 0.15) is 45.4 Å². The lowest BCUT2D eigenvalue weighted by Gasteiger charge is -2.35. The van der Waals surface area contributed by atoms with Crippen LogP contribution in [-0.4, -0.2) is 30.4 Å². The molecule has 1 aliphatic heterocycles. The van der Waals surface area contributed by atoms with E-state index in [0.29, 0.717) is 11.8 Å². The Bertz CT molecular complexity index is 264. The van der Waals surface area contributed by atoms with Crippen molar-refractivity contribution >= 4 is 18.3 Å². The summed E-state index contributed by atoms with van der Waals surface area (Å²) in [5.74, 6) is 1.08.